The SMILES string of the molecule is COc1ccc(/C=C2\SC(=S)N([C@H](CCSC)C(=O)[O-])C2=O)cc1OC. The van der Waals surface area contributed by atoms with Crippen molar-refractivity contribution in [2.24, 2.45) is 0 Å². The Morgan fingerprint density at radius 1 is 1.38 bits per heavy atom. The zero-order chi connectivity index (χ0) is 19.3. The Bertz CT molecular complexity index is 750. The number of hydrogen-bond acceptors (Lipinski definition) is 8. The van der Waals surface area contributed by atoms with Gasteiger partial charge >= 0.3 is 0 Å². The monoisotopic (exact) mass is 412 g/mol. The highest BCUT2D eigenvalue weighted by molar-refractivity contribution is 8.26. The number of carboxylic acids is 1. The number of nitrogens with zero attached hydrogens (tertiary/aromatic N) is 1. The average Bonchev–Trinajstić information content (AvgIpc) is 2.89. The number of methoxy groups -OCH3 is 2. The number of carbonyl (C=O) groups excluding carboxylic acids is 2. The number of ether oxygens (including phenoxy) is 2. The average molecular weight is 413 g/mol. The van der Waals surface area contributed by atoms with Crippen molar-refractivity contribution < 1.29 is 24.2 Å². The maximum atomic E-state index is 12.7. The molecule has 0 aromatic heterocycles. The van der Waals surface area contributed by atoms with E-state index in [2.05, 4.69) is 0 Å². The van der Waals surface area contributed by atoms with Crippen LogP contribution in [0.3, 0.4) is 0 Å². The van der Waals surface area contributed by atoms with E-state index >= 15 is 0 Å². The number of amides is 1. The Morgan fingerprint density at radius 3 is 2.65 bits per heavy atom. The summed E-state index contributed by atoms with van der Waals surface area (Å²) in [6, 6.07) is 4.17. The number of carbonyl (C=O) groups is 2. The summed E-state index contributed by atoms with van der Waals surface area (Å²) >= 11 is 7.81. The molecule has 0 unspecified atom stereocenters. The normalized spacial score (nSPS) is 16.9. The number of aliphatic carboxylic acids is 1. The fourth-order valence-corrected chi connectivity index (χ4v) is 4.24. The second kappa shape index (κ2) is 9.29. The summed E-state index contributed by atoms with van der Waals surface area (Å²) < 4.78 is 10.7. The molecule has 140 valence electrons. The number of benzene rings is 1. The van der Waals surface area contributed by atoms with Crippen molar-refractivity contribution in [1.29, 1.82) is 0 Å². The molecule has 1 heterocycles. The predicted octanol–water partition coefficient (Wildman–Crippen LogP) is 1.78. The molecule has 6 nitrogen and oxygen atoms in total. The fourth-order valence-electron chi connectivity index (χ4n) is 2.42. The molecular weight excluding hydrogens is 394 g/mol. The van der Waals surface area contributed by atoms with Crippen molar-refractivity contribution in [2.75, 3.05) is 26.2 Å². The van der Waals surface area contributed by atoms with Crippen molar-refractivity contribution in [3.8, 4) is 11.5 Å². The summed E-state index contributed by atoms with van der Waals surface area (Å²) in [5.41, 5.74) is 0.720. The van der Waals surface area contributed by atoms with Crippen LogP contribution in [0, 0.1) is 0 Å². The van der Waals surface area contributed by atoms with E-state index < -0.39 is 17.9 Å². The Labute approximate surface area is 165 Å². The lowest BCUT2D eigenvalue weighted by molar-refractivity contribution is -0.310. The van der Waals surface area contributed by atoms with Crippen LogP contribution in [-0.4, -0.2) is 53.4 Å². The van der Waals surface area contributed by atoms with E-state index in [9.17, 15) is 14.7 Å². The van der Waals surface area contributed by atoms with E-state index in [0.717, 1.165) is 22.2 Å². The molecule has 1 amide bonds. The number of carboxylic acid groups (broad SMARTS) is 1. The molecule has 9 heteroatoms. The molecule has 1 saturated heterocycles. The Morgan fingerprint density at radius 2 is 2.08 bits per heavy atom. The predicted molar refractivity (Wildman–Crippen MR) is 106 cm³/mol. The molecule has 1 aliphatic rings. The molecule has 0 radical (unpaired) electrons. The smallest absolute Gasteiger partial charge is 0.266 e. The van der Waals surface area contributed by atoms with E-state index in [0.29, 0.717) is 22.2 Å². The molecular formula is C17H18NO5S3-. The Kier molecular flexibility index (Phi) is 7.36. The lowest BCUT2D eigenvalue weighted by Gasteiger charge is -2.27. The molecule has 0 spiro atoms. The third-order valence-electron chi connectivity index (χ3n) is 3.71. The van der Waals surface area contributed by atoms with Crippen molar-refractivity contribution >= 4 is 58.0 Å². The van der Waals surface area contributed by atoms with Gasteiger partial charge < -0.3 is 19.4 Å². The van der Waals surface area contributed by atoms with Crippen LogP contribution >= 0.6 is 35.7 Å². The van der Waals surface area contributed by atoms with Gasteiger partial charge in [-0.3, -0.25) is 9.69 Å². The number of thioether (sulfide) groups is 2. The molecule has 0 aliphatic carbocycles. The number of thiocarbonyl (C=S) groups is 1. The van der Waals surface area contributed by atoms with Crippen LogP contribution in [-0.2, 0) is 9.59 Å². The minimum atomic E-state index is -1.30. The van der Waals surface area contributed by atoms with E-state index in [4.69, 9.17) is 21.7 Å². The second-order valence-electron chi connectivity index (χ2n) is 5.28. The van der Waals surface area contributed by atoms with Crippen molar-refractivity contribution in [3.63, 3.8) is 0 Å². The molecule has 1 aromatic carbocycles. The lowest BCUT2D eigenvalue weighted by atomic mass is 10.1. The van der Waals surface area contributed by atoms with Crippen LogP contribution in [0.2, 0.25) is 0 Å². The zero-order valence-corrected chi connectivity index (χ0v) is 17.0. The summed E-state index contributed by atoms with van der Waals surface area (Å²) in [4.78, 5) is 25.7. The van der Waals surface area contributed by atoms with Crippen molar-refractivity contribution in [3.05, 3.63) is 28.7 Å². The van der Waals surface area contributed by atoms with Gasteiger partial charge in [-0.25, -0.2) is 0 Å². The third-order valence-corrected chi connectivity index (χ3v) is 5.68. The summed E-state index contributed by atoms with van der Waals surface area (Å²) in [6.07, 6.45) is 3.80. The van der Waals surface area contributed by atoms with Gasteiger partial charge in [-0.1, -0.05) is 30.0 Å². The number of rotatable bonds is 8. The zero-order valence-electron chi connectivity index (χ0n) is 14.5. The van der Waals surface area contributed by atoms with Gasteiger partial charge in [-0.15, -0.1) is 0 Å². The highest BCUT2D eigenvalue weighted by Crippen LogP contribution is 2.36. The molecule has 0 N–H and O–H groups in total. The molecule has 1 fully saturated rings. The minimum absolute atomic E-state index is 0.219. The first-order chi connectivity index (χ1) is 12.4. The first kappa shape index (κ1) is 20.6. The van der Waals surface area contributed by atoms with Gasteiger partial charge in [0.15, 0.2) is 11.5 Å². The van der Waals surface area contributed by atoms with Crippen LogP contribution in [0.15, 0.2) is 23.1 Å². The van der Waals surface area contributed by atoms with Crippen LogP contribution in [0.5, 0.6) is 11.5 Å². The molecule has 0 saturated carbocycles. The van der Waals surface area contributed by atoms with Gasteiger partial charge in [0.25, 0.3) is 5.91 Å². The molecule has 1 aliphatic heterocycles. The first-order valence-corrected chi connectivity index (χ1v) is 10.2. The molecule has 26 heavy (non-hydrogen) atoms. The highest BCUT2D eigenvalue weighted by Gasteiger charge is 2.37. The third kappa shape index (κ3) is 4.52. The fraction of sp³-hybridized carbons (Fsp3) is 0.353. The van der Waals surface area contributed by atoms with E-state index in [1.807, 2.05) is 6.26 Å². The molecule has 2 rings (SSSR count). The van der Waals surface area contributed by atoms with Gasteiger partial charge in [0.05, 0.1) is 31.1 Å². The van der Waals surface area contributed by atoms with Crippen LogP contribution in [0.4, 0.5) is 0 Å². The van der Waals surface area contributed by atoms with Gasteiger partial charge in [-0.05, 0) is 42.2 Å². The highest BCUT2D eigenvalue weighted by atomic mass is 32.2. The largest absolute Gasteiger partial charge is 0.548 e. The Balaban J connectivity index is 2.29. The quantitative estimate of drug-likeness (QED) is 0.472. The summed E-state index contributed by atoms with van der Waals surface area (Å²) in [7, 11) is 3.06. The van der Waals surface area contributed by atoms with Gasteiger partial charge in [0.2, 0.25) is 0 Å². The maximum absolute atomic E-state index is 12.7. The molecule has 0 bridgehead atoms. The summed E-state index contributed by atoms with van der Waals surface area (Å²) in [5, 5.41) is 11.5. The van der Waals surface area contributed by atoms with Gasteiger partial charge in [-0.2, -0.15) is 11.8 Å². The summed E-state index contributed by atoms with van der Waals surface area (Å²) in [6.45, 7) is 0. The summed E-state index contributed by atoms with van der Waals surface area (Å²) in [5.74, 6) is -0.0341. The Hall–Kier alpha value is -1.71. The van der Waals surface area contributed by atoms with Gasteiger partial charge in [0, 0.05) is 0 Å². The van der Waals surface area contributed by atoms with Gasteiger partial charge in [0.1, 0.15) is 4.32 Å². The lowest BCUT2D eigenvalue weighted by Crippen LogP contribution is -2.50. The first-order valence-electron chi connectivity index (χ1n) is 7.61. The number of hydrogen-bond donors (Lipinski definition) is 0. The molecule has 1 aromatic rings. The molecule has 1 atom stereocenters. The topological polar surface area (TPSA) is 78.9 Å². The van der Waals surface area contributed by atoms with E-state index in [1.165, 1.54) is 26.0 Å². The van der Waals surface area contributed by atoms with Crippen molar-refractivity contribution in [1.82, 2.24) is 4.90 Å². The van der Waals surface area contributed by atoms with Crippen LogP contribution in [0.25, 0.3) is 6.08 Å². The standard InChI is InChI=1S/C17H19NO5S3/c1-22-12-5-4-10(8-13(12)23-2)9-14-15(19)18(17(24)26-14)11(16(20)21)6-7-25-3/h4-5,8-9,11H,6-7H2,1-3H3,(H,20,21)/p-1/b14-9-/t11-/m1/s1. The van der Waals surface area contributed by atoms with E-state index in [1.54, 1.807) is 24.3 Å². The maximum Gasteiger partial charge on any atom is 0.266 e. The minimum Gasteiger partial charge on any atom is -0.548 e. The van der Waals surface area contributed by atoms with Crippen LogP contribution in [0.1, 0.15) is 12.0 Å². The van der Waals surface area contributed by atoms with E-state index in [-0.39, 0.29) is 10.7 Å². The van der Waals surface area contributed by atoms with Crippen LogP contribution < -0.4 is 14.6 Å². The second-order valence-corrected chi connectivity index (χ2v) is 7.94. The van der Waals surface area contributed by atoms with Crippen molar-refractivity contribution in [2.45, 2.75) is 12.5 Å².